The summed E-state index contributed by atoms with van der Waals surface area (Å²) in [5, 5.41) is 7.45. The van der Waals surface area contributed by atoms with Crippen LogP contribution in [0.15, 0.2) is 29.2 Å². The predicted molar refractivity (Wildman–Crippen MR) is 92.0 cm³/mol. The van der Waals surface area contributed by atoms with Crippen molar-refractivity contribution >= 4 is 21.6 Å². The summed E-state index contributed by atoms with van der Waals surface area (Å²) >= 11 is 1.91. The molecule has 0 radical (unpaired) electrons. The number of piperazine rings is 1. The second kappa shape index (κ2) is 7.50. The Bertz CT molecular complexity index is 615. The van der Waals surface area contributed by atoms with Crippen molar-refractivity contribution in [1.29, 1.82) is 0 Å². The summed E-state index contributed by atoms with van der Waals surface area (Å²) in [7, 11) is -3.14. The Labute approximate surface area is 141 Å². The molecule has 2 aliphatic rings. The van der Waals surface area contributed by atoms with E-state index in [2.05, 4.69) is 16.1 Å². The van der Waals surface area contributed by atoms with Gasteiger partial charge in [0.05, 0.1) is 16.9 Å². The van der Waals surface area contributed by atoms with Gasteiger partial charge in [0, 0.05) is 43.6 Å². The maximum atomic E-state index is 11.5. The monoisotopic (exact) mass is 357 g/mol. The fourth-order valence-corrected chi connectivity index (χ4v) is 4.59. The number of thioether (sulfide) groups is 1. The first-order valence-electron chi connectivity index (χ1n) is 7.75. The Morgan fingerprint density at radius 1 is 1.22 bits per heavy atom. The topological polar surface area (TPSA) is 79.5 Å². The first-order valence-corrected chi connectivity index (χ1v) is 10.7. The number of sulfone groups is 1. The highest BCUT2D eigenvalue weighted by molar-refractivity contribution is 7.99. The average Bonchev–Trinajstić information content (AvgIpc) is 3.06. The van der Waals surface area contributed by atoms with Gasteiger partial charge >= 0.3 is 0 Å². The molecule has 0 aliphatic carbocycles. The molecule has 3 rings (SSSR count). The molecule has 0 spiro atoms. The molecule has 8 heteroatoms. The molecule has 128 valence electrons. The number of hydroxylamine groups is 1. The number of hydrogen-bond acceptors (Lipinski definition) is 7. The highest BCUT2D eigenvalue weighted by atomic mass is 32.2. The fourth-order valence-electron chi connectivity index (χ4n) is 2.74. The Hall–Kier alpha value is -0.640. The zero-order valence-corrected chi connectivity index (χ0v) is 14.8. The molecule has 6 nitrogen and oxygen atoms in total. The summed E-state index contributed by atoms with van der Waals surface area (Å²) < 4.78 is 23.1. The van der Waals surface area contributed by atoms with Crippen LogP contribution in [-0.2, 0) is 14.7 Å². The third-order valence-corrected chi connectivity index (χ3v) is 6.60. The highest BCUT2D eigenvalue weighted by Gasteiger charge is 2.24. The van der Waals surface area contributed by atoms with E-state index in [4.69, 9.17) is 4.84 Å². The Morgan fingerprint density at radius 2 is 2.00 bits per heavy atom. The van der Waals surface area contributed by atoms with E-state index in [9.17, 15) is 8.42 Å². The molecule has 0 amide bonds. The molecule has 23 heavy (non-hydrogen) atoms. The summed E-state index contributed by atoms with van der Waals surface area (Å²) in [4.78, 5) is 5.54. The van der Waals surface area contributed by atoms with E-state index >= 15 is 0 Å². The number of hydrogen-bond donors (Lipinski definition) is 3. The van der Waals surface area contributed by atoms with Gasteiger partial charge in [-0.05, 0) is 17.7 Å². The molecule has 2 fully saturated rings. The Kier molecular flexibility index (Phi) is 5.61. The minimum atomic E-state index is -3.14. The summed E-state index contributed by atoms with van der Waals surface area (Å²) in [5.74, 6) is 1.63. The van der Waals surface area contributed by atoms with Crippen LogP contribution in [0.1, 0.15) is 11.6 Å². The molecule has 0 saturated carbocycles. The van der Waals surface area contributed by atoms with Crippen molar-refractivity contribution in [3.63, 3.8) is 0 Å². The number of nitrogens with one attached hydrogen (secondary N) is 3. The van der Waals surface area contributed by atoms with Crippen LogP contribution < -0.4 is 16.1 Å². The standard InChI is InChI=1S/C15H23N3O3S2/c1-23(19,20)13-4-2-12(3-5-13)14-7-16-8-15(18-14)22-10-11-6-17-21-9-11/h2-5,11,14-18H,6-10H2,1H3. The van der Waals surface area contributed by atoms with E-state index in [0.717, 1.165) is 37.6 Å². The predicted octanol–water partition coefficient (Wildman–Crippen LogP) is 0.534. The van der Waals surface area contributed by atoms with Crippen LogP contribution in [0.5, 0.6) is 0 Å². The first-order chi connectivity index (χ1) is 11.0. The third-order valence-electron chi connectivity index (χ3n) is 4.10. The lowest BCUT2D eigenvalue weighted by Gasteiger charge is -2.32. The molecule has 3 atom stereocenters. The lowest BCUT2D eigenvalue weighted by Crippen LogP contribution is -2.48. The van der Waals surface area contributed by atoms with Crippen molar-refractivity contribution in [1.82, 2.24) is 16.1 Å². The van der Waals surface area contributed by atoms with Gasteiger partial charge in [-0.3, -0.25) is 5.32 Å². The van der Waals surface area contributed by atoms with Crippen LogP contribution in [0.2, 0.25) is 0 Å². The lowest BCUT2D eigenvalue weighted by atomic mass is 10.1. The molecule has 3 N–H and O–H groups in total. The molecule has 1 aromatic rings. The van der Waals surface area contributed by atoms with Gasteiger partial charge in [0.2, 0.25) is 0 Å². The van der Waals surface area contributed by atoms with Crippen LogP contribution in [0.25, 0.3) is 0 Å². The molecule has 1 aromatic carbocycles. The maximum Gasteiger partial charge on any atom is 0.175 e. The van der Waals surface area contributed by atoms with Crippen molar-refractivity contribution in [3.05, 3.63) is 29.8 Å². The summed E-state index contributed by atoms with van der Waals surface area (Å²) in [6, 6.07) is 7.37. The van der Waals surface area contributed by atoms with Gasteiger partial charge in [-0.15, -0.1) is 11.8 Å². The van der Waals surface area contributed by atoms with Gasteiger partial charge in [-0.25, -0.2) is 13.9 Å². The summed E-state index contributed by atoms with van der Waals surface area (Å²) in [6.45, 7) is 3.49. The zero-order valence-electron chi connectivity index (χ0n) is 13.1. The van der Waals surface area contributed by atoms with E-state index in [-0.39, 0.29) is 6.04 Å². The van der Waals surface area contributed by atoms with Gasteiger partial charge in [0.25, 0.3) is 0 Å². The molecule has 0 bridgehead atoms. The largest absolute Gasteiger partial charge is 0.312 e. The molecule has 3 unspecified atom stereocenters. The smallest absolute Gasteiger partial charge is 0.175 e. The zero-order chi connectivity index (χ0) is 16.3. The highest BCUT2D eigenvalue weighted by Crippen LogP contribution is 2.23. The van der Waals surface area contributed by atoms with Crippen molar-refractivity contribution in [2.24, 2.45) is 5.92 Å². The second-order valence-corrected chi connectivity index (χ2v) is 9.32. The maximum absolute atomic E-state index is 11.5. The molecular formula is C15H23N3O3S2. The van der Waals surface area contributed by atoms with Crippen LogP contribution in [0.4, 0.5) is 0 Å². The van der Waals surface area contributed by atoms with Gasteiger partial charge in [0.1, 0.15) is 0 Å². The summed E-state index contributed by atoms with van der Waals surface area (Å²) in [6.07, 6.45) is 1.23. The van der Waals surface area contributed by atoms with E-state index < -0.39 is 9.84 Å². The van der Waals surface area contributed by atoms with E-state index in [1.807, 2.05) is 23.9 Å². The van der Waals surface area contributed by atoms with Crippen molar-refractivity contribution in [2.75, 3.05) is 38.2 Å². The van der Waals surface area contributed by atoms with E-state index in [0.29, 0.717) is 16.2 Å². The van der Waals surface area contributed by atoms with Gasteiger partial charge in [-0.1, -0.05) is 12.1 Å². The summed E-state index contributed by atoms with van der Waals surface area (Å²) in [5.41, 5.74) is 4.03. The van der Waals surface area contributed by atoms with Crippen molar-refractivity contribution in [2.45, 2.75) is 16.3 Å². The SMILES string of the molecule is CS(=O)(=O)c1ccc(C2CNCC(SCC3CNOC3)N2)cc1. The molecule has 2 aliphatic heterocycles. The molecule has 2 saturated heterocycles. The number of rotatable bonds is 5. The van der Waals surface area contributed by atoms with Crippen molar-refractivity contribution in [3.8, 4) is 0 Å². The van der Waals surface area contributed by atoms with Crippen molar-refractivity contribution < 1.29 is 13.3 Å². The lowest BCUT2D eigenvalue weighted by molar-refractivity contribution is 0.0983. The molecular weight excluding hydrogens is 334 g/mol. The van der Waals surface area contributed by atoms with Gasteiger partial charge in [-0.2, -0.15) is 0 Å². The molecule has 0 aromatic heterocycles. The quantitative estimate of drug-likeness (QED) is 0.709. The van der Waals surface area contributed by atoms with Crippen LogP contribution in [-0.4, -0.2) is 52.0 Å². The third kappa shape index (κ3) is 4.68. The Morgan fingerprint density at radius 3 is 2.65 bits per heavy atom. The normalized spacial score (nSPS) is 28.8. The Balaban J connectivity index is 1.57. The van der Waals surface area contributed by atoms with Gasteiger partial charge in [0.15, 0.2) is 9.84 Å². The first kappa shape index (κ1) is 17.2. The average molecular weight is 358 g/mol. The van der Waals surface area contributed by atoms with Crippen LogP contribution in [0, 0.1) is 5.92 Å². The van der Waals surface area contributed by atoms with Crippen LogP contribution in [0.3, 0.4) is 0 Å². The minimum Gasteiger partial charge on any atom is -0.312 e. The van der Waals surface area contributed by atoms with E-state index in [1.165, 1.54) is 6.26 Å². The van der Waals surface area contributed by atoms with Gasteiger partial charge < -0.3 is 10.2 Å². The van der Waals surface area contributed by atoms with Crippen LogP contribution >= 0.6 is 11.8 Å². The second-order valence-electron chi connectivity index (χ2n) is 6.07. The fraction of sp³-hybridized carbons (Fsp3) is 0.600. The minimum absolute atomic E-state index is 0.202. The molecule has 2 heterocycles. The van der Waals surface area contributed by atoms with E-state index in [1.54, 1.807) is 12.1 Å². The number of benzene rings is 1.